The third-order valence-electron chi connectivity index (χ3n) is 1.12. The van der Waals surface area contributed by atoms with Gasteiger partial charge in [-0.15, -0.1) is 0 Å². The van der Waals surface area contributed by atoms with E-state index in [-0.39, 0.29) is 5.97 Å². The van der Waals surface area contributed by atoms with Gasteiger partial charge in [-0.1, -0.05) is 12.2 Å². The van der Waals surface area contributed by atoms with Gasteiger partial charge in [0.15, 0.2) is 0 Å². The Labute approximate surface area is 60.8 Å². The van der Waals surface area contributed by atoms with Crippen LogP contribution in [0.1, 0.15) is 26.2 Å². The Morgan fingerprint density at radius 3 is 2.90 bits per heavy atom. The molecule has 0 aliphatic rings. The monoisotopic (exact) mass is 143 g/mol. The van der Waals surface area contributed by atoms with Crippen molar-refractivity contribution in [2.75, 3.05) is 0 Å². The Morgan fingerprint density at radius 1 is 1.70 bits per heavy atom. The molecule has 2 N–H and O–H groups in total. The highest BCUT2D eigenvalue weighted by Gasteiger charge is 1.97. The third kappa shape index (κ3) is 5.31. The predicted octanol–water partition coefficient (Wildman–Crippen LogP) is 1.15. The molecule has 0 aromatic heterocycles. The molecule has 58 valence electrons. The summed E-state index contributed by atoms with van der Waals surface area (Å²) in [5, 5.41) is 0. The van der Waals surface area contributed by atoms with E-state index in [0.717, 1.165) is 12.8 Å². The van der Waals surface area contributed by atoms with Crippen LogP contribution in [-0.2, 0) is 9.63 Å². The van der Waals surface area contributed by atoms with Crippen LogP contribution in [0.5, 0.6) is 0 Å². The van der Waals surface area contributed by atoms with Crippen molar-refractivity contribution >= 4 is 5.97 Å². The maximum atomic E-state index is 10.4. The SMILES string of the molecule is C/C=C\CCCC(=O)ON. The zero-order chi connectivity index (χ0) is 7.82. The van der Waals surface area contributed by atoms with Crippen LogP contribution in [0.4, 0.5) is 0 Å². The van der Waals surface area contributed by atoms with E-state index < -0.39 is 0 Å². The molecular formula is C7H13NO2. The van der Waals surface area contributed by atoms with Gasteiger partial charge in [0, 0.05) is 6.42 Å². The number of nitrogens with two attached hydrogens (primary N) is 1. The van der Waals surface area contributed by atoms with Crippen LogP contribution in [-0.4, -0.2) is 5.97 Å². The Balaban J connectivity index is 3.11. The van der Waals surface area contributed by atoms with E-state index >= 15 is 0 Å². The summed E-state index contributed by atoms with van der Waals surface area (Å²) in [4.78, 5) is 14.4. The smallest absolute Gasteiger partial charge is 0.324 e. The number of allylic oxidation sites excluding steroid dienone is 2. The topological polar surface area (TPSA) is 52.3 Å². The number of rotatable bonds is 4. The summed E-state index contributed by atoms with van der Waals surface area (Å²) in [6.45, 7) is 1.95. The fourth-order valence-electron chi connectivity index (χ4n) is 0.590. The van der Waals surface area contributed by atoms with E-state index in [1.807, 2.05) is 19.1 Å². The fraction of sp³-hybridized carbons (Fsp3) is 0.571. The van der Waals surface area contributed by atoms with Gasteiger partial charge in [0.1, 0.15) is 0 Å². The quantitative estimate of drug-likeness (QED) is 0.365. The lowest BCUT2D eigenvalue weighted by molar-refractivity contribution is -0.144. The first-order valence-electron chi connectivity index (χ1n) is 3.32. The second-order valence-electron chi connectivity index (χ2n) is 1.95. The number of carbonyl (C=O) groups excluding carboxylic acids is 1. The van der Waals surface area contributed by atoms with Gasteiger partial charge in [0.2, 0.25) is 0 Å². The van der Waals surface area contributed by atoms with Crippen LogP contribution in [0.25, 0.3) is 0 Å². The summed E-state index contributed by atoms with van der Waals surface area (Å²) >= 11 is 0. The average Bonchev–Trinajstić information content (AvgIpc) is 1.98. The summed E-state index contributed by atoms with van der Waals surface area (Å²) in [5.74, 6) is 4.28. The standard InChI is InChI=1S/C7H13NO2/c1-2-3-4-5-6-7(9)10-8/h2-3H,4-6,8H2,1H3/b3-2-. The van der Waals surface area contributed by atoms with Gasteiger partial charge in [-0.25, -0.2) is 0 Å². The normalized spacial score (nSPS) is 10.2. The van der Waals surface area contributed by atoms with Gasteiger partial charge in [-0.2, -0.15) is 5.90 Å². The highest BCUT2D eigenvalue weighted by Crippen LogP contribution is 1.96. The molecule has 0 aromatic rings. The largest absolute Gasteiger partial charge is 0.373 e. The lowest BCUT2D eigenvalue weighted by Gasteiger charge is -1.93. The Kier molecular flexibility index (Phi) is 5.77. The molecule has 3 nitrogen and oxygen atoms in total. The molecule has 0 spiro atoms. The first kappa shape index (κ1) is 9.17. The second-order valence-corrected chi connectivity index (χ2v) is 1.95. The molecule has 0 bridgehead atoms. The highest BCUT2D eigenvalue weighted by atomic mass is 16.7. The van der Waals surface area contributed by atoms with Crippen molar-refractivity contribution in [1.82, 2.24) is 0 Å². The fourth-order valence-corrected chi connectivity index (χ4v) is 0.590. The molecule has 0 aliphatic heterocycles. The molecule has 0 saturated heterocycles. The maximum Gasteiger partial charge on any atom is 0.324 e. The summed E-state index contributed by atoms with van der Waals surface area (Å²) < 4.78 is 0. The van der Waals surface area contributed by atoms with Crippen molar-refractivity contribution in [2.24, 2.45) is 5.90 Å². The molecule has 10 heavy (non-hydrogen) atoms. The Morgan fingerprint density at radius 2 is 2.40 bits per heavy atom. The molecule has 0 unspecified atom stereocenters. The lowest BCUT2D eigenvalue weighted by atomic mass is 10.2. The van der Waals surface area contributed by atoms with Crippen molar-refractivity contribution in [3.63, 3.8) is 0 Å². The van der Waals surface area contributed by atoms with E-state index in [0.29, 0.717) is 6.42 Å². The van der Waals surface area contributed by atoms with Crippen molar-refractivity contribution in [2.45, 2.75) is 26.2 Å². The van der Waals surface area contributed by atoms with Gasteiger partial charge in [0.25, 0.3) is 0 Å². The summed E-state index contributed by atoms with van der Waals surface area (Å²) in [5.41, 5.74) is 0. The van der Waals surface area contributed by atoms with Gasteiger partial charge in [0.05, 0.1) is 0 Å². The highest BCUT2D eigenvalue weighted by molar-refractivity contribution is 5.68. The first-order valence-corrected chi connectivity index (χ1v) is 3.32. The van der Waals surface area contributed by atoms with Crippen LogP contribution in [0, 0.1) is 0 Å². The van der Waals surface area contributed by atoms with Crippen LogP contribution in [0.3, 0.4) is 0 Å². The van der Waals surface area contributed by atoms with Crippen molar-refractivity contribution in [3.05, 3.63) is 12.2 Å². The zero-order valence-corrected chi connectivity index (χ0v) is 6.17. The third-order valence-corrected chi connectivity index (χ3v) is 1.12. The molecular weight excluding hydrogens is 130 g/mol. The Bertz CT molecular complexity index is 121. The van der Waals surface area contributed by atoms with E-state index in [2.05, 4.69) is 10.7 Å². The molecule has 0 aliphatic carbocycles. The second kappa shape index (κ2) is 6.29. The molecule has 0 atom stereocenters. The molecule has 0 rings (SSSR count). The molecule has 0 heterocycles. The number of carbonyl (C=O) groups is 1. The minimum absolute atomic E-state index is 0.343. The molecule has 3 heteroatoms. The van der Waals surface area contributed by atoms with E-state index in [1.165, 1.54) is 0 Å². The minimum Gasteiger partial charge on any atom is -0.373 e. The number of hydrogen-bond donors (Lipinski definition) is 1. The van der Waals surface area contributed by atoms with Gasteiger partial charge in [-0.3, -0.25) is 4.79 Å². The summed E-state index contributed by atoms with van der Waals surface area (Å²) in [7, 11) is 0. The molecule has 0 radical (unpaired) electrons. The van der Waals surface area contributed by atoms with Gasteiger partial charge in [-0.05, 0) is 19.8 Å². The van der Waals surface area contributed by atoms with Gasteiger partial charge < -0.3 is 4.84 Å². The van der Waals surface area contributed by atoms with Crippen LogP contribution in [0.15, 0.2) is 12.2 Å². The maximum absolute atomic E-state index is 10.4. The van der Waals surface area contributed by atoms with Crippen molar-refractivity contribution < 1.29 is 9.63 Å². The van der Waals surface area contributed by atoms with Crippen molar-refractivity contribution in [3.8, 4) is 0 Å². The van der Waals surface area contributed by atoms with Crippen molar-refractivity contribution in [1.29, 1.82) is 0 Å². The molecule has 0 aromatic carbocycles. The van der Waals surface area contributed by atoms with Crippen LogP contribution in [0.2, 0.25) is 0 Å². The zero-order valence-electron chi connectivity index (χ0n) is 6.17. The Hall–Kier alpha value is -0.830. The molecule has 0 saturated carbocycles. The summed E-state index contributed by atoms with van der Waals surface area (Å²) in [6, 6.07) is 0. The number of hydrogen-bond acceptors (Lipinski definition) is 3. The first-order chi connectivity index (χ1) is 4.81. The molecule has 0 amide bonds. The molecule has 0 fully saturated rings. The minimum atomic E-state index is -0.343. The van der Waals surface area contributed by atoms with Crippen LogP contribution >= 0.6 is 0 Å². The van der Waals surface area contributed by atoms with E-state index in [1.54, 1.807) is 0 Å². The van der Waals surface area contributed by atoms with E-state index in [4.69, 9.17) is 0 Å². The van der Waals surface area contributed by atoms with Crippen LogP contribution < -0.4 is 5.90 Å². The predicted molar refractivity (Wildman–Crippen MR) is 38.9 cm³/mol. The lowest BCUT2D eigenvalue weighted by Crippen LogP contribution is -2.08. The van der Waals surface area contributed by atoms with Gasteiger partial charge >= 0.3 is 5.97 Å². The van der Waals surface area contributed by atoms with E-state index in [9.17, 15) is 4.79 Å². The number of unbranched alkanes of at least 4 members (excludes halogenated alkanes) is 1. The average molecular weight is 143 g/mol. The summed E-state index contributed by atoms with van der Waals surface area (Å²) in [6.07, 6.45) is 6.07.